The highest BCUT2D eigenvalue weighted by Crippen LogP contribution is 2.21. The van der Waals surface area contributed by atoms with Gasteiger partial charge in [-0.3, -0.25) is 0 Å². The van der Waals surface area contributed by atoms with Crippen molar-refractivity contribution in [2.75, 3.05) is 6.61 Å². The Morgan fingerprint density at radius 3 is 2.88 bits per heavy atom. The predicted molar refractivity (Wildman–Crippen MR) is 98.5 cm³/mol. The molecule has 0 fully saturated rings. The highest BCUT2D eigenvalue weighted by molar-refractivity contribution is 5.79. The molecule has 3 aromatic rings. The van der Waals surface area contributed by atoms with Crippen LogP contribution in [0.1, 0.15) is 11.1 Å². The number of rotatable bonds is 7. The number of aliphatic hydroxyl groups is 1. The topological polar surface area (TPSA) is 34.4 Å². The van der Waals surface area contributed by atoms with Crippen molar-refractivity contribution in [1.82, 2.24) is 4.57 Å². The third-order valence-corrected chi connectivity index (χ3v) is 4.10. The van der Waals surface area contributed by atoms with Gasteiger partial charge in [0, 0.05) is 11.7 Å². The van der Waals surface area contributed by atoms with Crippen molar-refractivity contribution in [3.05, 3.63) is 78.5 Å². The average Bonchev–Trinajstić information content (AvgIpc) is 2.98. The van der Waals surface area contributed by atoms with Crippen LogP contribution in [0.2, 0.25) is 0 Å². The standard InChI is InChI=1S/C21H23NO2/c1-3-6-18-13-16(2)9-10-21(18)24-15-19(23)14-22-12-11-17-7-4-5-8-20(17)22/h3-5,7-13,19,23H,1,6,14-15H2,2H3. The van der Waals surface area contributed by atoms with E-state index in [4.69, 9.17) is 4.74 Å². The van der Waals surface area contributed by atoms with Gasteiger partial charge in [0.05, 0.1) is 6.54 Å². The van der Waals surface area contributed by atoms with E-state index in [-0.39, 0.29) is 6.61 Å². The lowest BCUT2D eigenvalue weighted by Gasteiger charge is -2.16. The Balaban J connectivity index is 1.65. The smallest absolute Gasteiger partial charge is 0.122 e. The molecule has 0 aliphatic carbocycles. The predicted octanol–water partition coefficient (Wildman–Crippen LogP) is 4.12. The second-order valence-corrected chi connectivity index (χ2v) is 6.10. The minimum absolute atomic E-state index is 0.264. The summed E-state index contributed by atoms with van der Waals surface area (Å²) in [6.45, 7) is 6.62. The second-order valence-electron chi connectivity index (χ2n) is 6.10. The zero-order valence-electron chi connectivity index (χ0n) is 14.0. The molecule has 0 aliphatic heterocycles. The Bertz CT molecular complexity index is 835. The minimum atomic E-state index is -0.571. The van der Waals surface area contributed by atoms with Crippen molar-refractivity contribution >= 4 is 10.9 Å². The van der Waals surface area contributed by atoms with Gasteiger partial charge in [-0.15, -0.1) is 6.58 Å². The third-order valence-electron chi connectivity index (χ3n) is 4.10. The SMILES string of the molecule is C=CCc1cc(C)ccc1OCC(O)Cn1ccc2ccccc21. The summed E-state index contributed by atoms with van der Waals surface area (Å²) in [6.07, 6.45) is 4.06. The number of benzene rings is 2. The summed E-state index contributed by atoms with van der Waals surface area (Å²) in [6, 6.07) is 16.3. The first-order chi connectivity index (χ1) is 11.7. The van der Waals surface area contributed by atoms with Crippen molar-refractivity contribution in [3.8, 4) is 5.75 Å². The van der Waals surface area contributed by atoms with E-state index < -0.39 is 6.10 Å². The van der Waals surface area contributed by atoms with Gasteiger partial charge in [-0.1, -0.05) is 42.0 Å². The molecule has 1 atom stereocenters. The van der Waals surface area contributed by atoms with E-state index in [1.807, 2.05) is 36.5 Å². The van der Waals surface area contributed by atoms with Crippen LogP contribution in [0.25, 0.3) is 10.9 Å². The van der Waals surface area contributed by atoms with Crippen molar-refractivity contribution in [2.24, 2.45) is 0 Å². The van der Waals surface area contributed by atoms with Gasteiger partial charge >= 0.3 is 0 Å². The molecular weight excluding hydrogens is 298 g/mol. The Morgan fingerprint density at radius 1 is 1.21 bits per heavy atom. The molecule has 1 N–H and O–H groups in total. The molecule has 1 aromatic heterocycles. The van der Waals surface area contributed by atoms with Crippen molar-refractivity contribution in [2.45, 2.75) is 26.0 Å². The van der Waals surface area contributed by atoms with Gasteiger partial charge in [-0.2, -0.15) is 0 Å². The number of nitrogens with zero attached hydrogens (tertiary/aromatic N) is 1. The van der Waals surface area contributed by atoms with E-state index in [1.165, 1.54) is 10.9 Å². The van der Waals surface area contributed by atoms with Gasteiger partial charge in [-0.05, 0) is 42.5 Å². The first-order valence-corrected chi connectivity index (χ1v) is 8.22. The zero-order chi connectivity index (χ0) is 16.9. The molecule has 0 aliphatic rings. The van der Waals surface area contributed by atoms with Crippen molar-refractivity contribution in [1.29, 1.82) is 0 Å². The highest BCUT2D eigenvalue weighted by Gasteiger charge is 2.10. The lowest BCUT2D eigenvalue weighted by Crippen LogP contribution is -2.23. The fourth-order valence-corrected chi connectivity index (χ4v) is 2.93. The average molecular weight is 321 g/mol. The fraction of sp³-hybridized carbons (Fsp3) is 0.238. The van der Waals surface area contributed by atoms with Gasteiger partial charge < -0.3 is 14.4 Å². The number of aliphatic hydroxyl groups excluding tert-OH is 1. The first-order valence-electron chi connectivity index (χ1n) is 8.22. The maximum absolute atomic E-state index is 10.4. The third kappa shape index (κ3) is 3.69. The van der Waals surface area contributed by atoms with Crippen LogP contribution in [0.4, 0.5) is 0 Å². The Kier molecular flexibility index (Phi) is 5.02. The van der Waals surface area contributed by atoms with Gasteiger partial charge in [-0.25, -0.2) is 0 Å². The van der Waals surface area contributed by atoms with Crippen molar-refractivity contribution in [3.63, 3.8) is 0 Å². The van der Waals surface area contributed by atoms with Gasteiger partial charge in [0.25, 0.3) is 0 Å². The Morgan fingerprint density at radius 2 is 2.04 bits per heavy atom. The van der Waals surface area contributed by atoms with Crippen LogP contribution in [0, 0.1) is 6.92 Å². The molecule has 3 heteroatoms. The Hall–Kier alpha value is -2.52. The lowest BCUT2D eigenvalue weighted by atomic mass is 10.1. The molecule has 3 nitrogen and oxygen atoms in total. The molecule has 1 heterocycles. The molecule has 124 valence electrons. The van der Waals surface area contributed by atoms with Crippen LogP contribution in [-0.4, -0.2) is 22.4 Å². The monoisotopic (exact) mass is 321 g/mol. The van der Waals surface area contributed by atoms with E-state index in [0.29, 0.717) is 6.54 Å². The maximum atomic E-state index is 10.4. The summed E-state index contributed by atoms with van der Waals surface area (Å²) < 4.78 is 7.91. The summed E-state index contributed by atoms with van der Waals surface area (Å²) >= 11 is 0. The number of fused-ring (bicyclic) bond motifs is 1. The molecular formula is C21H23NO2. The number of aryl methyl sites for hydroxylation is 1. The second kappa shape index (κ2) is 7.37. The molecule has 0 radical (unpaired) electrons. The van der Waals surface area contributed by atoms with Crippen LogP contribution < -0.4 is 4.74 Å². The largest absolute Gasteiger partial charge is 0.491 e. The van der Waals surface area contributed by atoms with E-state index in [2.05, 4.69) is 42.3 Å². The summed E-state index contributed by atoms with van der Waals surface area (Å²) in [7, 11) is 0. The van der Waals surface area contributed by atoms with E-state index >= 15 is 0 Å². The molecule has 2 aromatic carbocycles. The summed E-state index contributed by atoms with van der Waals surface area (Å²) in [5, 5.41) is 11.5. The first kappa shape index (κ1) is 16.3. The quantitative estimate of drug-likeness (QED) is 0.664. The number of hydrogen-bond acceptors (Lipinski definition) is 2. The lowest BCUT2D eigenvalue weighted by molar-refractivity contribution is 0.0931. The summed E-state index contributed by atoms with van der Waals surface area (Å²) in [5.74, 6) is 0.817. The molecule has 3 rings (SSSR count). The number of allylic oxidation sites excluding steroid dienone is 1. The van der Waals surface area contributed by atoms with E-state index in [0.717, 1.165) is 23.3 Å². The number of ether oxygens (including phenoxy) is 1. The van der Waals surface area contributed by atoms with Crippen LogP contribution in [0.15, 0.2) is 67.4 Å². The molecule has 1 unspecified atom stereocenters. The van der Waals surface area contributed by atoms with Gasteiger partial charge in [0.2, 0.25) is 0 Å². The number of hydrogen-bond donors (Lipinski definition) is 1. The summed E-state index contributed by atoms with van der Waals surface area (Å²) in [5.41, 5.74) is 3.42. The number of para-hydroxylation sites is 1. The van der Waals surface area contributed by atoms with E-state index in [1.54, 1.807) is 0 Å². The minimum Gasteiger partial charge on any atom is -0.491 e. The number of aromatic nitrogens is 1. The summed E-state index contributed by atoms with van der Waals surface area (Å²) in [4.78, 5) is 0. The van der Waals surface area contributed by atoms with Crippen LogP contribution in [0.5, 0.6) is 5.75 Å². The Labute approximate surface area is 142 Å². The molecule has 0 bridgehead atoms. The molecule has 0 saturated heterocycles. The molecule has 0 amide bonds. The van der Waals surface area contributed by atoms with Crippen LogP contribution >= 0.6 is 0 Å². The molecule has 0 spiro atoms. The van der Waals surface area contributed by atoms with E-state index in [9.17, 15) is 5.11 Å². The normalized spacial score (nSPS) is 12.2. The molecule has 24 heavy (non-hydrogen) atoms. The highest BCUT2D eigenvalue weighted by atomic mass is 16.5. The van der Waals surface area contributed by atoms with Gasteiger partial charge in [0.15, 0.2) is 0 Å². The maximum Gasteiger partial charge on any atom is 0.122 e. The van der Waals surface area contributed by atoms with Gasteiger partial charge in [0.1, 0.15) is 18.5 Å². The van der Waals surface area contributed by atoms with Crippen molar-refractivity contribution < 1.29 is 9.84 Å². The fourth-order valence-electron chi connectivity index (χ4n) is 2.93. The van der Waals surface area contributed by atoms with Crippen LogP contribution in [0.3, 0.4) is 0 Å². The zero-order valence-corrected chi connectivity index (χ0v) is 14.0. The van der Waals surface area contributed by atoms with Crippen LogP contribution in [-0.2, 0) is 13.0 Å². The molecule has 0 saturated carbocycles.